The lowest BCUT2D eigenvalue weighted by Gasteiger charge is -2.19. The Hall–Kier alpha value is -1.07. The van der Waals surface area contributed by atoms with Crippen LogP contribution in [0.5, 0.6) is 17.2 Å². The molecule has 3 rings (SSSR count). The first-order valence-corrected chi connectivity index (χ1v) is 10.7. The van der Waals surface area contributed by atoms with Gasteiger partial charge in [0, 0.05) is 0 Å². The Labute approximate surface area is 172 Å². The smallest absolute Gasteiger partial charge is 0.407 e. The fourth-order valence-corrected chi connectivity index (χ4v) is 4.40. The Kier molecular flexibility index (Phi) is 6.77. The molecule has 128 valence electrons. The summed E-state index contributed by atoms with van der Waals surface area (Å²) in [5, 5.41) is 0. The number of rotatable bonds is 6. The maximum atomic E-state index is 5.99. The third-order valence-corrected chi connectivity index (χ3v) is 6.03. The molecule has 0 aliphatic rings. The highest BCUT2D eigenvalue weighted by molar-refractivity contribution is 9.11. The van der Waals surface area contributed by atoms with Gasteiger partial charge >= 0.3 is 8.60 Å². The van der Waals surface area contributed by atoms with Crippen molar-refractivity contribution in [2.75, 3.05) is 0 Å². The molecule has 0 amide bonds. The summed E-state index contributed by atoms with van der Waals surface area (Å²) < 4.78 is 20.5. The van der Waals surface area contributed by atoms with E-state index < -0.39 is 8.60 Å². The second-order valence-electron chi connectivity index (χ2n) is 4.79. The Bertz CT molecular complexity index is 747. The topological polar surface area (TPSA) is 27.7 Å². The lowest BCUT2D eigenvalue weighted by atomic mass is 10.3. The summed E-state index contributed by atoms with van der Waals surface area (Å²) in [6.45, 7) is 0. The summed E-state index contributed by atoms with van der Waals surface area (Å²) in [5.74, 6) is 1.94. The monoisotopic (exact) mass is 544 g/mol. The molecule has 3 nitrogen and oxygen atoms in total. The molecular weight excluding hydrogens is 535 g/mol. The molecule has 0 aliphatic heterocycles. The molecule has 3 aromatic carbocycles. The third kappa shape index (κ3) is 5.20. The maximum absolute atomic E-state index is 5.99. The van der Waals surface area contributed by atoms with E-state index in [1.54, 1.807) is 0 Å². The molecule has 0 atom stereocenters. The molecule has 0 radical (unpaired) electrons. The number of para-hydroxylation sites is 3. The van der Waals surface area contributed by atoms with Gasteiger partial charge in [-0.25, -0.2) is 0 Å². The van der Waals surface area contributed by atoms with E-state index in [1.807, 2.05) is 72.8 Å². The normalized spacial score (nSPS) is 10.6. The van der Waals surface area contributed by atoms with Crippen molar-refractivity contribution < 1.29 is 13.6 Å². The zero-order chi connectivity index (χ0) is 17.6. The predicted octanol–water partition coefficient (Wildman–Crippen LogP) is 7.74. The van der Waals surface area contributed by atoms with Crippen molar-refractivity contribution in [3.63, 3.8) is 0 Å². The molecular formula is C18H12Br3O3P. The standard InChI is InChI=1S/C18H12Br3O3P/c19-13-7-1-4-10-16(13)22-25(23-17-11-5-2-8-14(17)20)24-18-12-6-3-9-15(18)21/h1-12H. The molecule has 0 spiro atoms. The highest BCUT2D eigenvalue weighted by atomic mass is 79.9. The molecule has 25 heavy (non-hydrogen) atoms. The maximum Gasteiger partial charge on any atom is 0.530 e. The fourth-order valence-electron chi connectivity index (χ4n) is 1.85. The molecule has 0 bridgehead atoms. The van der Waals surface area contributed by atoms with Gasteiger partial charge in [0.05, 0.1) is 13.4 Å². The highest BCUT2D eigenvalue weighted by Gasteiger charge is 2.22. The van der Waals surface area contributed by atoms with Crippen LogP contribution in [-0.4, -0.2) is 0 Å². The van der Waals surface area contributed by atoms with Crippen molar-refractivity contribution >= 4 is 56.4 Å². The van der Waals surface area contributed by atoms with Crippen molar-refractivity contribution in [1.29, 1.82) is 0 Å². The van der Waals surface area contributed by atoms with Crippen LogP contribution in [0, 0.1) is 0 Å². The van der Waals surface area contributed by atoms with Gasteiger partial charge in [-0.15, -0.1) is 0 Å². The molecule has 0 aliphatic carbocycles. The minimum atomic E-state index is -1.73. The average Bonchev–Trinajstić information content (AvgIpc) is 2.61. The van der Waals surface area contributed by atoms with Crippen molar-refractivity contribution in [2.45, 2.75) is 0 Å². The molecule has 0 saturated carbocycles. The summed E-state index contributed by atoms with van der Waals surface area (Å²) >= 11 is 10.4. The molecule has 0 N–H and O–H groups in total. The number of hydrogen-bond acceptors (Lipinski definition) is 3. The van der Waals surface area contributed by atoms with Gasteiger partial charge in [0.2, 0.25) is 0 Å². The molecule has 0 saturated heterocycles. The Morgan fingerprint density at radius 3 is 1.04 bits per heavy atom. The zero-order valence-corrected chi connectivity index (χ0v) is 18.4. The van der Waals surface area contributed by atoms with Gasteiger partial charge in [-0.2, -0.15) is 0 Å². The van der Waals surface area contributed by atoms with Crippen LogP contribution < -0.4 is 13.6 Å². The van der Waals surface area contributed by atoms with E-state index in [4.69, 9.17) is 13.6 Å². The largest absolute Gasteiger partial charge is 0.530 e. The Balaban J connectivity index is 1.86. The summed E-state index contributed by atoms with van der Waals surface area (Å²) in [4.78, 5) is 0. The SMILES string of the molecule is Brc1ccccc1OP(Oc1ccccc1Br)Oc1ccccc1Br. The van der Waals surface area contributed by atoms with Gasteiger partial charge in [-0.1, -0.05) is 36.4 Å². The first kappa shape index (κ1) is 18.7. The van der Waals surface area contributed by atoms with Crippen LogP contribution in [0.1, 0.15) is 0 Å². The van der Waals surface area contributed by atoms with E-state index in [1.165, 1.54) is 0 Å². The first-order chi connectivity index (χ1) is 12.1. The minimum Gasteiger partial charge on any atom is -0.407 e. The van der Waals surface area contributed by atoms with Gasteiger partial charge in [0.15, 0.2) is 0 Å². The van der Waals surface area contributed by atoms with Crippen LogP contribution in [0.25, 0.3) is 0 Å². The van der Waals surface area contributed by atoms with E-state index in [0.29, 0.717) is 17.2 Å². The second kappa shape index (κ2) is 9.04. The summed E-state index contributed by atoms with van der Waals surface area (Å²) in [7, 11) is -1.73. The van der Waals surface area contributed by atoms with Crippen LogP contribution in [0.3, 0.4) is 0 Å². The fraction of sp³-hybridized carbons (Fsp3) is 0. The molecule has 3 aromatic rings. The second-order valence-corrected chi connectivity index (χ2v) is 8.35. The quantitative estimate of drug-likeness (QED) is 0.296. The average molecular weight is 547 g/mol. The number of hydrogen-bond donors (Lipinski definition) is 0. The molecule has 0 fully saturated rings. The number of benzene rings is 3. The van der Waals surface area contributed by atoms with Gasteiger partial charge in [0.1, 0.15) is 17.2 Å². The summed E-state index contributed by atoms with van der Waals surface area (Å²) in [6.07, 6.45) is 0. The van der Waals surface area contributed by atoms with Crippen molar-refractivity contribution in [2.24, 2.45) is 0 Å². The molecule has 7 heteroatoms. The van der Waals surface area contributed by atoms with Crippen molar-refractivity contribution in [3.05, 3.63) is 86.2 Å². The zero-order valence-electron chi connectivity index (χ0n) is 12.7. The van der Waals surface area contributed by atoms with Gasteiger partial charge < -0.3 is 13.6 Å². The van der Waals surface area contributed by atoms with E-state index in [2.05, 4.69) is 47.8 Å². The van der Waals surface area contributed by atoms with Crippen molar-refractivity contribution in [3.8, 4) is 17.2 Å². The molecule has 0 unspecified atom stereocenters. The molecule has 0 aromatic heterocycles. The van der Waals surface area contributed by atoms with Gasteiger partial charge in [-0.05, 0) is 84.2 Å². The number of halogens is 3. The van der Waals surface area contributed by atoms with E-state index >= 15 is 0 Å². The van der Waals surface area contributed by atoms with Crippen LogP contribution >= 0.6 is 56.4 Å². The van der Waals surface area contributed by atoms with Crippen molar-refractivity contribution in [1.82, 2.24) is 0 Å². The lowest BCUT2D eigenvalue weighted by Crippen LogP contribution is -2.03. The highest BCUT2D eigenvalue weighted by Crippen LogP contribution is 2.46. The first-order valence-electron chi connectivity index (χ1n) is 7.21. The Morgan fingerprint density at radius 1 is 0.480 bits per heavy atom. The van der Waals surface area contributed by atoms with E-state index in [9.17, 15) is 0 Å². The van der Waals surface area contributed by atoms with Crippen LogP contribution in [0.15, 0.2) is 86.2 Å². The minimum absolute atomic E-state index is 0.646. The van der Waals surface area contributed by atoms with E-state index in [0.717, 1.165) is 13.4 Å². The summed E-state index contributed by atoms with van der Waals surface area (Å²) in [6, 6.07) is 22.7. The van der Waals surface area contributed by atoms with Crippen LogP contribution in [0.2, 0.25) is 0 Å². The van der Waals surface area contributed by atoms with Gasteiger partial charge in [0.25, 0.3) is 0 Å². The van der Waals surface area contributed by atoms with E-state index in [-0.39, 0.29) is 0 Å². The predicted molar refractivity (Wildman–Crippen MR) is 111 cm³/mol. The summed E-state index contributed by atoms with van der Waals surface area (Å²) in [5.41, 5.74) is 0. The van der Waals surface area contributed by atoms with Crippen LogP contribution in [-0.2, 0) is 0 Å². The molecule has 0 heterocycles. The Morgan fingerprint density at radius 2 is 0.760 bits per heavy atom. The van der Waals surface area contributed by atoms with Gasteiger partial charge in [-0.3, -0.25) is 0 Å². The lowest BCUT2D eigenvalue weighted by molar-refractivity contribution is 0.385. The third-order valence-electron chi connectivity index (χ3n) is 3.03. The van der Waals surface area contributed by atoms with Crippen LogP contribution in [0.4, 0.5) is 0 Å².